The molecule has 0 aromatic carbocycles. The molecule has 9 heteroatoms. The zero-order valence-corrected chi connectivity index (χ0v) is 13.1. The van der Waals surface area contributed by atoms with Gasteiger partial charge in [-0.3, -0.25) is 0 Å². The summed E-state index contributed by atoms with van der Waals surface area (Å²) in [5, 5.41) is 30.1. The number of aromatic nitrogens is 3. The molecule has 6 nitrogen and oxygen atoms in total. The van der Waals surface area contributed by atoms with Crippen molar-refractivity contribution in [3.63, 3.8) is 0 Å². The van der Waals surface area contributed by atoms with Gasteiger partial charge >= 0.3 is 88.7 Å². The standard InChI is InChI=1S/C3H3N3O3.3Na/c7-1-4-2(8)6-3(9)5-1;;;/h(H3,4,5,6,7,8,9);;;/q;3*+1/p-3. The van der Waals surface area contributed by atoms with Crippen LogP contribution in [-0.2, 0) is 0 Å². The Kier molecular flexibility index (Phi) is 14.3. The van der Waals surface area contributed by atoms with Crippen molar-refractivity contribution < 1.29 is 104 Å². The van der Waals surface area contributed by atoms with Crippen LogP contribution in [0.5, 0.6) is 18.0 Å². The van der Waals surface area contributed by atoms with E-state index in [0.717, 1.165) is 0 Å². The van der Waals surface area contributed by atoms with E-state index < -0.39 is 18.0 Å². The quantitative estimate of drug-likeness (QED) is 0.380. The third-order valence-corrected chi connectivity index (χ3v) is 0.574. The van der Waals surface area contributed by atoms with E-state index in [2.05, 4.69) is 15.0 Å². The van der Waals surface area contributed by atoms with Gasteiger partial charge in [0.05, 0.1) is 18.0 Å². The van der Waals surface area contributed by atoms with E-state index in [9.17, 15) is 15.3 Å². The fraction of sp³-hybridized carbons (Fsp3) is 0. The second-order valence-electron chi connectivity index (χ2n) is 1.18. The van der Waals surface area contributed by atoms with Crippen molar-refractivity contribution >= 4 is 0 Å². The molecule has 0 bridgehead atoms. The van der Waals surface area contributed by atoms with Crippen LogP contribution in [0.15, 0.2) is 0 Å². The molecule has 1 rings (SSSR count). The maximum absolute atomic E-state index is 10.0. The predicted molar refractivity (Wildman–Crippen MR) is 18.2 cm³/mol. The van der Waals surface area contributed by atoms with E-state index in [1.165, 1.54) is 0 Å². The fourth-order valence-corrected chi connectivity index (χ4v) is 0.320. The van der Waals surface area contributed by atoms with Crippen LogP contribution in [0.25, 0.3) is 0 Å². The van der Waals surface area contributed by atoms with Crippen LogP contribution in [0.4, 0.5) is 0 Å². The second kappa shape index (κ2) is 8.98. The first-order valence-electron chi connectivity index (χ1n) is 1.95. The van der Waals surface area contributed by atoms with Crippen LogP contribution < -0.4 is 104 Å². The van der Waals surface area contributed by atoms with Gasteiger partial charge < -0.3 is 15.3 Å². The normalized spacial score (nSPS) is 7.00. The molecule has 1 aromatic heterocycles. The SMILES string of the molecule is [Na+].[Na+].[Na+].[O-]c1nc([O-])nc([O-])n1. The Morgan fingerprint density at radius 2 is 0.750 bits per heavy atom. The summed E-state index contributed by atoms with van der Waals surface area (Å²) in [5.41, 5.74) is 0. The third kappa shape index (κ3) is 6.88. The van der Waals surface area contributed by atoms with E-state index in [1.54, 1.807) is 0 Å². The Hall–Kier alpha value is 1.41. The molecule has 0 aliphatic heterocycles. The Balaban J connectivity index is -0.000000270. The molecule has 48 valence electrons. The zero-order chi connectivity index (χ0) is 6.85. The monoisotopic (exact) mass is 195 g/mol. The molecule has 1 aromatic rings. The van der Waals surface area contributed by atoms with Gasteiger partial charge in [0.2, 0.25) is 0 Å². The van der Waals surface area contributed by atoms with Crippen LogP contribution in [0.1, 0.15) is 0 Å². The van der Waals surface area contributed by atoms with Gasteiger partial charge in [-0.1, -0.05) is 0 Å². The predicted octanol–water partition coefficient (Wildman–Crippen LogP) is -11.9. The van der Waals surface area contributed by atoms with Crippen molar-refractivity contribution in [2.24, 2.45) is 0 Å². The number of rotatable bonds is 0. The van der Waals surface area contributed by atoms with Crippen molar-refractivity contribution in [3.05, 3.63) is 0 Å². The van der Waals surface area contributed by atoms with Crippen molar-refractivity contribution in [2.75, 3.05) is 0 Å². The smallest absolute Gasteiger partial charge is 0.844 e. The van der Waals surface area contributed by atoms with Crippen molar-refractivity contribution in [1.29, 1.82) is 0 Å². The van der Waals surface area contributed by atoms with E-state index in [-0.39, 0.29) is 88.7 Å². The molecule has 0 radical (unpaired) electrons. The summed E-state index contributed by atoms with van der Waals surface area (Å²) < 4.78 is 0. The molecule has 0 fully saturated rings. The first-order chi connectivity index (χ1) is 4.18. The minimum Gasteiger partial charge on any atom is -0.844 e. The van der Waals surface area contributed by atoms with Crippen molar-refractivity contribution in [3.8, 4) is 18.0 Å². The summed E-state index contributed by atoms with van der Waals surface area (Å²) in [6.07, 6.45) is 0. The minimum atomic E-state index is -1.08. The maximum atomic E-state index is 10.0. The summed E-state index contributed by atoms with van der Waals surface area (Å²) in [7, 11) is 0. The number of hydrogen-bond acceptors (Lipinski definition) is 6. The molecule has 1 heterocycles. The summed E-state index contributed by atoms with van der Waals surface area (Å²) in [6.45, 7) is 0. The summed E-state index contributed by atoms with van der Waals surface area (Å²) in [6, 6.07) is -3.25. The average molecular weight is 195 g/mol. The molecule has 0 aliphatic rings. The molecule has 0 amide bonds. The molecule has 0 aliphatic carbocycles. The Morgan fingerprint density at radius 1 is 0.583 bits per heavy atom. The summed E-state index contributed by atoms with van der Waals surface area (Å²) >= 11 is 0. The van der Waals surface area contributed by atoms with Crippen LogP contribution >= 0.6 is 0 Å². The summed E-state index contributed by atoms with van der Waals surface area (Å²) in [4.78, 5) is 8.10. The Morgan fingerprint density at radius 3 is 0.917 bits per heavy atom. The van der Waals surface area contributed by atoms with Crippen LogP contribution in [0.3, 0.4) is 0 Å². The van der Waals surface area contributed by atoms with E-state index in [1.807, 2.05) is 0 Å². The minimum absolute atomic E-state index is 0. The van der Waals surface area contributed by atoms with Crippen LogP contribution in [0.2, 0.25) is 0 Å². The molecule has 0 saturated carbocycles. The van der Waals surface area contributed by atoms with Crippen LogP contribution in [0, 0.1) is 0 Å². The second-order valence-corrected chi connectivity index (χ2v) is 1.18. The summed E-state index contributed by atoms with van der Waals surface area (Å²) in [5.74, 6) is 0. The van der Waals surface area contributed by atoms with Gasteiger partial charge in [0, 0.05) is 0 Å². The topological polar surface area (TPSA) is 108 Å². The van der Waals surface area contributed by atoms with Gasteiger partial charge in [-0.15, -0.1) is 0 Å². The van der Waals surface area contributed by atoms with Gasteiger partial charge in [0.15, 0.2) is 0 Å². The van der Waals surface area contributed by atoms with Gasteiger partial charge in [0.1, 0.15) is 0 Å². The van der Waals surface area contributed by atoms with E-state index in [0.29, 0.717) is 0 Å². The molecule has 12 heavy (non-hydrogen) atoms. The first-order valence-corrected chi connectivity index (χ1v) is 1.95. The average Bonchev–Trinajstić information content (AvgIpc) is 1.59. The largest absolute Gasteiger partial charge is 1.00 e. The first kappa shape index (κ1) is 19.1. The Bertz CT molecular complexity index is 185. The number of nitrogens with zero attached hydrogens (tertiary/aromatic N) is 3. The maximum Gasteiger partial charge on any atom is 1.00 e. The molecule has 0 N–H and O–H groups in total. The number of hydrogen-bond donors (Lipinski definition) is 0. The van der Waals surface area contributed by atoms with Gasteiger partial charge in [0.25, 0.3) is 0 Å². The molecule has 0 saturated heterocycles. The molecular weight excluding hydrogens is 195 g/mol. The van der Waals surface area contributed by atoms with Crippen molar-refractivity contribution in [2.45, 2.75) is 0 Å². The zero-order valence-electron chi connectivity index (χ0n) is 7.07. The van der Waals surface area contributed by atoms with Crippen molar-refractivity contribution in [1.82, 2.24) is 15.0 Å². The third-order valence-electron chi connectivity index (χ3n) is 0.574. The van der Waals surface area contributed by atoms with E-state index >= 15 is 0 Å². The molecule has 0 atom stereocenters. The van der Waals surface area contributed by atoms with E-state index in [4.69, 9.17) is 0 Å². The molecule has 0 spiro atoms. The van der Waals surface area contributed by atoms with Crippen LogP contribution in [-0.4, -0.2) is 15.0 Å². The van der Waals surface area contributed by atoms with Gasteiger partial charge in [-0.2, -0.15) is 0 Å². The van der Waals surface area contributed by atoms with Gasteiger partial charge in [-0.05, 0) is 0 Å². The molecular formula is C3N3Na3O3. The Labute approximate surface area is 135 Å². The molecule has 0 unspecified atom stereocenters. The fourth-order valence-electron chi connectivity index (χ4n) is 0.320. The van der Waals surface area contributed by atoms with Gasteiger partial charge in [-0.25, -0.2) is 15.0 Å².